The van der Waals surface area contributed by atoms with Gasteiger partial charge in [-0.05, 0) is 93.9 Å². The predicted molar refractivity (Wildman–Crippen MR) is 217 cm³/mol. The second kappa shape index (κ2) is 12.0. The molecule has 2 heteroatoms. The topological polar surface area (TPSA) is 16.4 Å². The molecule has 10 rings (SSSR count). The lowest BCUT2D eigenvalue weighted by atomic mass is 9.74. The number of hydrogen-bond acceptors (Lipinski definition) is 2. The van der Waals surface area contributed by atoms with Gasteiger partial charge in [-0.2, -0.15) is 0 Å². The molecular formula is C50H35NO. The number of fused-ring (bicyclic) bond motifs is 7. The zero-order valence-corrected chi connectivity index (χ0v) is 28.8. The molecule has 0 saturated heterocycles. The van der Waals surface area contributed by atoms with Crippen LogP contribution in [0.2, 0.25) is 0 Å². The van der Waals surface area contributed by atoms with E-state index in [-0.39, 0.29) is 0 Å². The largest absolute Gasteiger partial charge is 0.455 e. The van der Waals surface area contributed by atoms with Gasteiger partial charge in [-0.3, -0.25) is 0 Å². The second-order valence-corrected chi connectivity index (χ2v) is 13.8. The van der Waals surface area contributed by atoms with Crippen LogP contribution >= 0.6 is 0 Å². The fourth-order valence-electron chi connectivity index (χ4n) is 8.32. The van der Waals surface area contributed by atoms with Crippen LogP contribution in [0.5, 0.6) is 0 Å². The zero-order valence-electron chi connectivity index (χ0n) is 28.8. The molecule has 0 N–H and O–H groups in total. The summed E-state index contributed by atoms with van der Waals surface area (Å²) in [5.41, 5.74) is 15.8. The van der Waals surface area contributed by atoms with Crippen molar-refractivity contribution in [1.82, 2.24) is 0 Å². The number of anilines is 3. The molecule has 0 spiro atoms. The van der Waals surface area contributed by atoms with E-state index >= 15 is 0 Å². The van der Waals surface area contributed by atoms with Crippen molar-refractivity contribution < 1.29 is 4.42 Å². The third-order valence-corrected chi connectivity index (χ3v) is 11.0. The lowest BCUT2D eigenvalue weighted by molar-refractivity contribution is 0.667. The predicted octanol–water partition coefficient (Wildman–Crippen LogP) is 13.7. The number of rotatable bonds is 6. The molecule has 0 radical (unpaired) electrons. The van der Waals surface area contributed by atoms with Gasteiger partial charge in [0.25, 0.3) is 0 Å². The van der Waals surface area contributed by atoms with Crippen molar-refractivity contribution in [1.29, 1.82) is 0 Å². The number of furan rings is 1. The van der Waals surface area contributed by atoms with Crippen molar-refractivity contribution >= 4 is 39.0 Å². The summed E-state index contributed by atoms with van der Waals surface area (Å²) in [5, 5.41) is 2.30. The highest BCUT2D eigenvalue weighted by Gasteiger charge is 2.43. The van der Waals surface area contributed by atoms with Crippen molar-refractivity contribution in [2.75, 3.05) is 4.90 Å². The molecule has 1 aliphatic rings. The second-order valence-electron chi connectivity index (χ2n) is 13.8. The van der Waals surface area contributed by atoms with Gasteiger partial charge in [-0.25, -0.2) is 0 Å². The minimum Gasteiger partial charge on any atom is -0.455 e. The lowest BCUT2D eigenvalue weighted by Crippen LogP contribution is -2.22. The van der Waals surface area contributed by atoms with Crippen molar-refractivity contribution in [2.24, 2.45) is 0 Å². The average Bonchev–Trinajstić information content (AvgIpc) is 3.73. The van der Waals surface area contributed by atoms with E-state index in [0.29, 0.717) is 0 Å². The van der Waals surface area contributed by atoms with E-state index in [2.05, 4.69) is 200 Å². The molecule has 1 atom stereocenters. The van der Waals surface area contributed by atoms with Crippen LogP contribution in [0.3, 0.4) is 0 Å². The van der Waals surface area contributed by atoms with E-state index in [4.69, 9.17) is 4.42 Å². The average molecular weight is 666 g/mol. The Balaban J connectivity index is 1.17. The maximum atomic E-state index is 6.68. The Hall–Kier alpha value is -6.64. The summed E-state index contributed by atoms with van der Waals surface area (Å²) in [6.45, 7) is 2.37. The molecule has 0 saturated carbocycles. The van der Waals surface area contributed by atoms with E-state index in [9.17, 15) is 0 Å². The first kappa shape index (κ1) is 30.2. The Labute approximate surface area is 303 Å². The SMILES string of the molecule is CC1(c2ccccc2)c2cc(N(c3ccc(-c4ccccc4)cc3)c3ccc(-c4ccccc4)cc3)ccc2-c2c1ccc1c2oc2ccccc21. The van der Waals surface area contributed by atoms with Gasteiger partial charge in [0, 0.05) is 38.8 Å². The summed E-state index contributed by atoms with van der Waals surface area (Å²) < 4.78 is 6.68. The van der Waals surface area contributed by atoms with Crippen LogP contribution < -0.4 is 4.90 Å². The molecule has 1 aliphatic carbocycles. The van der Waals surface area contributed by atoms with Crippen LogP contribution in [0.4, 0.5) is 17.1 Å². The van der Waals surface area contributed by atoms with Crippen LogP contribution in [0.25, 0.3) is 55.3 Å². The number of nitrogens with zero attached hydrogens (tertiary/aromatic N) is 1. The Bertz CT molecular complexity index is 2630. The van der Waals surface area contributed by atoms with E-state index in [1.54, 1.807) is 0 Å². The minimum atomic E-state index is -0.394. The van der Waals surface area contributed by atoms with Crippen LogP contribution in [0.1, 0.15) is 23.6 Å². The number of hydrogen-bond donors (Lipinski definition) is 0. The number of para-hydroxylation sites is 1. The normalized spacial score (nSPS) is 14.7. The van der Waals surface area contributed by atoms with Crippen molar-refractivity contribution in [2.45, 2.75) is 12.3 Å². The summed E-state index contributed by atoms with van der Waals surface area (Å²) in [6, 6.07) is 69.9. The van der Waals surface area contributed by atoms with Gasteiger partial charge < -0.3 is 9.32 Å². The number of benzene rings is 8. The molecule has 0 fully saturated rings. The third-order valence-electron chi connectivity index (χ3n) is 11.0. The highest BCUT2D eigenvalue weighted by atomic mass is 16.3. The Morgan fingerprint density at radius 3 is 1.56 bits per heavy atom. The molecule has 246 valence electrons. The van der Waals surface area contributed by atoms with Gasteiger partial charge in [0.2, 0.25) is 0 Å². The molecule has 1 unspecified atom stereocenters. The lowest BCUT2D eigenvalue weighted by Gasteiger charge is -2.31. The van der Waals surface area contributed by atoms with Gasteiger partial charge in [-0.1, -0.05) is 152 Å². The minimum absolute atomic E-state index is 0.394. The van der Waals surface area contributed by atoms with Crippen LogP contribution in [0.15, 0.2) is 199 Å². The van der Waals surface area contributed by atoms with Crippen molar-refractivity contribution in [3.63, 3.8) is 0 Å². The van der Waals surface area contributed by atoms with Gasteiger partial charge in [0.15, 0.2) is 0 Å². The standard InChI is InChI=1S/C50H35NO/c1-50(38-17-9-4-10-18-38)45-32-31-43-42-19-11-12-20-47(42)52-49(43)48(45)44-30-29-41(33-46(44)50)51(39-25-21-36(22-26-39)34-13-5-2-6-14-34)40-27-23-37(24-28-40)35-15-7-3-8-16-35/h2-33H,1H3. The molecule has 52 heavy (non-hydrogen) atoms. The summed E-state index contributed by atoms with van der Waals surface area (Å²) in [4.78, 5) is 2.38. The van der Waals surface area contributed by atoms with E-state index in [1.807, 2.05) is 6.07 Å². The molecule has 1 aromatic heterocycles. The van der Waals surface area contributed by atoms with Gasteiger partial charge >= 0.3 is 0 Å². The highest BCUT2D eigenvalue weighted by molar-refractivity contribution is 6.12. The van der Waals surface area contributed by atoms with E-state index in [1.165, 1.54) is 50.1 Å². The molecule has 2 nitrogen and oxygen atoms in total. The summed E-state index contributed by atoms with van der Waals surface area (Å²) in [6.07, 6.45) is 0. The first-order chi connectivity index (χ1) is 25.7. The molecule has 0 aliphatic heterocycles. The van der Waals surface area contributed by atoms with Gasteiger partial charge in [-0.15, -0.1) is 0 Å². The molecule has 0 amide bonds. The van der Waals surface area contributed by atoms with Crippen LogP contribution in [-0.2, 0) is 5.41 Å². The quantitative estimate of drug-likeness (QED) is 0.176. The molecule has 8 aromatic carbocycles. The van der Waals surface area contributed by atoms with Crippen LogP contribution in [0, 0.1) is 0 Å². The van der Waals surface area contributed by atoms with E-state index < -0.39 is 5.41 Å². The van der Waals surface area contributed by atoms with Gasteiger partial charge in [0.05, 0.1) is 0 Å². The molecule has 9 aromatic rings. The fraction of sp³-hybridized carbons (Fsp3) is 0.0400. The first-order valence-corrected chi connectivity index (χ1v) is 17.9. The summed E-state index contributed by atoms with van der Waals surface area (Å²) >= 11 is 0. The Kier molecular flexibility index (Phi) is 6.97. The summed E-state index contributed by atoms with van der Waals surface area (Å²) in [5.74, 6) is 0. The fourth-order valence-corrected chi connectivity index (χ4v) is 8.32. The zero-order chi connectivity index (χ0) is 34.6. The molecule has 0 bridgehead atoms. The molecule has 1 heterocycles. The van der Waals surface area contributed by atoms with Gasteiger partial charge in [0.1, 0.15) is 11.2 Å². The van der Waals surface area contributed by atoms with Crippen molar-refractivity contribution in [3.8, 4) is 33.4 Å². The van der Waals surface area contributed by atoms with Crippen LogP contribution in [-0.4, -0.2) is 0 Å². The maximum Gasteiger partial charge on any atom is 0.143 e. The Morgan fingerprint density at radius 1 is 0.423 bits per heavy atom. The maximum absolute atomic E-state index is 6.68. The smallest absolute Gasteiger partial charge is 0.143 e. The monoisotopic (exact) mass is 665 g/mol. The first-order valence-electron chi connectivity index (χ1n) is 17.9. The summed E-state index contributed by atoms with van der Waals surface area (Å²) in [7, 11) is 0. The highest BCUT2D eigenvalue weighted by Crippen LogP contribution is 2.56. The third kappa shape index (κ3) is 4.72. The van der Waals surface area contributed by atoms with Crippen molar-refractivity contribution in [3.05, 3.63) is 211 Å². The molecular weight excluding hydrogens is 631 g/mol. The van der Waals surface area contributed by atoms with E-state index in [0.717, 1.165) is 39.0 Å². The Morgan fingerprint density at radius 2 is 0.942 bits per heavy atom.